The summed E-state index contributed by atoms with van der Waals surface area (Å²) < 4.78 is 11.3. The minimum absolute atomic E-state index is 0.328. The molecule has 1 aromatic rings. The molecule has 4 heteroatoms. The van der Waals surface area contributed by atoms with Crippen molar-refractivity contribution >= 4 is 11.6 Å². The van der Waals surface area contributed by atoms with E-state index in [0.717, 1.165) is 31.9 Å². The van der Waals surface area contributed by atoms with Gasteiger partial charge in [-0.15, -0.1) is 0 Å². The van der Waals surface area contributed by atoms with E-state index in [0.29, 0.717) is 23.6 Å². The maximum atomic E-state index is 6.07. The Morgan fingerprint density at radius 1 is 1.50 bits per heavy atom. The lowest BCUT2D eigenvalue weighted by Crippen LogP contribution is -2.41. The van der Waals surface area contributed by atoms with Gasteiger partial charge in [0.15, 0.2) is 0 Å². The van der Waals surface area contributed by atoms with Gasteiger partial charge in [-0.05, 0) is 25.1 Å². The Labute approximate surface area is 113 Å². The van der Waals surface area contributed by atoms with Crippen LogP contribution < -0.4 is 10.1 Å². The van der Waals surface area contributed by atoms with Crippen LogP contribution in [0.5, 0.6) is 5.75 Å². The molecule has 1 N–H and O–H groups in total. The van der Waals surface area contributed by atoms with E-state index in [9.17, 15) is 0 Å². The van der Waals surface area contributed by atoms with E-state index in [2.05, 4.69) is 12.2 Å². The number of nitrogens with one attached hydrogen (secondary N) is 1. The molecule has 0 aliphatic carbocycles. The fourth-order valence-electron chi connectivity index (χ4n) is 2.24. The summed E-state index contributed by atoms with van der Waals surface area (Å²) in [5.41, 5.74) is 0. The molecule has 1 aromatic carbocycles. The first-order valence-corrected chi connectivity index (χ1v) is 6.87. The van der Waals surface area contributed by atoms with Gasteiger partial charge in [-0.1, -0.05) is 30.7 Å². The first-order valence-electron chi connectivity index (χ1n) is 6.49. The van der Waals surface area contributed by atoms with Crippen molar-refractivity contribution in [2.45, 2.75) is 19.4 Å². The van der Waals surface area contributed by atoms with Crippen molar-refractivity contribution in [3.05, 3.63) is 29.3 Å². The minimum Gasteiger partial charge on any atom is -0.490 e. The molecule has 2 unspecified atom stereocenters. The summed E-state index contributed by atoms with van der Waals surface area (Å²) in [7, 11) is 0. The lowest BCUT2D eigenvalue weighted by molar-refractivity contribution is 0.161. The molecule has 0 saturated carbocycles. The molecular formula is C14H20ClNO2. The number of para-hydroxylation sites is 1. The second-order valence-electron chi connectivity index (χ2n) is 4.53. The fraction of sp³-hybridized carbons (Fsp3) is 0.571. The Morgan fingerprint density at radius 2 is 2.33 bits per heavy atom. The molecule has 0 amide bonds. The van der Waals surface area contributed by atoms with Crippen molar-refractivity contribution in [3.8, 4) is 5.75 Å². The Morgan fingerprint density at radius 3 is 3.00 bits per heavy atom. The second kappa shape index (κ2) is 6.98. The molecule has 1 aliphatic heterocycles. The first kappa shape index (κ1) is 13.7. The van der Waals surface area contributed by atoms with Crippen molar-refractivity contribution in [2.75, 3.05) is 26.4 Å². The van der Waals surface area contributed by atoms with Gasteiger partial charge >= 0.3 is 0 Å². The highest BCUT2D eigenvalue weighted by molar-refractivity contribution is 6.32. The largest absolute Gasteiger partial charge is 0.490 e. The van der Waals surface area contributed by atoms with Crippen LogP contribution in [0.25, 0.3) is 0 Å². The van der Waals surface area contributed by atoms with Gasteiger partial charge in [-0.3, -0.25) is 0 Å². The molecule has 2 rings (SSSR count). The van der Waals surface area contributed by atoms with Crippen LogP contribution in [-0.2, 0) is 4.74 Å². The lowest BCUT2D eigenvalue weighted by atomic mass is 10.00. The summed E-state index contributed by atoms with van der Waals surface area (Å²) in [6, 6.07) is 7.91. The smallest absolute Gasteiger partial charge is 0.137 e. The second-order valence-corrected chi connectivity index (χ2v) is 4.94. The molecule has 1 aliphatic rings. The van der Waals surface area contributed by atoms with Gasteiger partial charge in [0.2, 0.25) is 0 Å². The van der Waals surface area contributed by atoms with Crippen LogP contribution in [-0.4, -0.2) is 32.4 Å². The molecule has 3 nitrogen and oxygen atoms in total. The third kappa shape index (κ3) is 3.61. The molecule has 0 spiro atoms. The van der Waals surface area contributed by atoms with E-state index in [1.807, 2.05) is 24.3 Å². The van der Waals surface area contributed by atoms with Crippen LogP contribution in [0.15, 0.2) is 24.3 Å². The van der Waals surface area contributed by atoms with Crippen molar-refractivity contribution in [1.29, 1.82) is 0 Å². The molecule has 1 saturated heterocycles. The van der Waals surface area contributed by atoms with Crippen molar-refractivity contribution in [2.24, 2.45) is 5.92 Å². The SMILES string of the molecule is CCNC(COc1ccccc1Cl)C1CCOC1. The number of halogens is 1. The number of hydrogen-bond donors (Lipinski definition) is 1. The van der Waals surface area contributed by atoms with Gasteiger partial charge in [0.25, 0.3) is 0 Å². The maximum Gasteiger partial charge on any atom is 0.137 e. The van der Waals surface area contributed by atoms with E-state index in [4.69, 9.17) is 21.1 Å². The highest BCUT2D eigenvalue weighted by Crippen LogP contribution is 2.24. The van der Waals surface area contributed by atoms with E-state index >= 15 is 0 Å². The molecule has 1 fully saturated rings. The molecule has 0 bridgehead atoms. The predicted octanol–water partition coefficient (Wildman–Crippen LogP) is 2.73. The summed E-state index contributed by atoms with van der Waals surface area (Å²) >= 11 is 6.07. The van der Waals surface area contributed by atoms with Gasteiger partial charge in [-0.25, -0.2) is 0 Å². The Balaban J connectivity index is 1.91. The minimum atomic E-state index is 0.328. The van der Waals surface area contributed by atoms with Crippen molar-refractivity contribution in [1.82, 2.24) is 5.32 Å². The number of hydrogen-bond acceptors (Lipinski definition) is 3. The molecule has 100 valence electrons. The Kier molecular flexibility index (Phi) is 5.29. The van der Waals surface area contributed by atoms with E-state index < -0.39 is 0 Å². The first-order chi connectivity index (χ1) is 8.81. The van der Waals surface area contributed by atoms with Crippen LogP contribution in [0.1, 0.15) is 13.3 Å². The lowest BCUT2D eigenvalue weighted by Gasteiger charge is -2.23. The van der Waals surface area contributed by atoms with Gasteiger partial charge in [-0.2, -0.15) is 0 Å². The summed E-state index contributed by atoms with van der Waals surface area (Å²) in [4.78, 5) is 0. The van der Waals surface area contributed by atoms with Gasteiger partial charge in [0, 0.05) is 18.6 Å². The number of rotatable bonds is 6. The van der Waals surface area contributed by atoms with Crippen LogP contribution in [0.3, 0.4) is 0 Å². The average molecular weight is 270 g/mol. The summed E-state index contributed by atoms with van der Waals surface area (Å²) in [5.74, 6) is 1.29. The highest BCUT2D eigenvalue weighted by Gasteiger charge is 2.25. The summed E-state index contributed by atoms with van der Waals surface area (Å²) in [6.07, 6.45) is 1.10. The predicted molar refractivity (Wildman–Crippen MR) is 73.3 cm³/mol. The zero-order chi connectivity index (χ0) is 12.8. The van der Waals surface area contributed by atoms with Crippen LogP contribution in [0.2, 0.25) is 5.02 Å². The monoisotopic (exact) mass is 269 g/mol. The third-order valence-corrected chi connectivity index (χ3v) is 3.57. The number of benzene rings is 1. The average Bonchev–Trinajstić information content (AvgIpc) is 2.90. The molecular weight excluding hydrogens is 250 g/mol. The Bertz CT molecular complexity index is 367. The van der Waals surface area contributed by atoms with E-state index in [1.54, 1.807) is 0 Å². The quantitative estimate of drug-likeness (QED) is 0.861. The highest BCUT2D eigenvalue weighted by atomic mass is 35.5. The topological polar surface area (TPSA) is 30.5 Å². The summed E-state index contributed by atoms with van der Waals surface area (Å²) in [6.45, 7) is 5.36. The molecule has 1 heterocycles. The molecule has 0 aromatic heterocycles. The zero-order valence-corrected chi connectivity index (χ0v) is 11.5. The van der Waals surface area contributed by atoms with E-state index in [-0.39, 0.29) is 0 Å². The van der Waals surface area contributed by atoms with Crippen LogP contribution in [0, 0.1) is 5.92 Å². The van der Waals surface area contributed by atoms with E-state index in [1.165, 1.54) is 0 Å². The third-order valence-electron chi connectivity index (χ3n) is 3.26. The molecule has 2 atom stereocenters. The number of ether oxygens (including phenoxy) is 2. The van der Waals surface area contributed by atoms with Crippen molar-refractivity contribution in [3.63, 3.8) is 0 Å². The molecule has 0 radical (unpaired) electrons. The maximum absolute atomic E-state index is 6.07. The van der Waals surface area contributed by atoms with Gasteiger partial charge in [0.05, 0.1) is 11.6 Å². The van der Waals surface area contributed by atoms with Gasteiger partial charge in [0.1, 0.15) is 12.4 Å². The van der Waals surface area contributed by atoms with Crippen LogP contribution >= 0.6 is 11.6 Å². The fourth-order valence-corrected chi connectivity index (χ4v) is 2.43. The Hall–Kier alpha value is -0.770. The van der Waals surface area contributed by atoms with Gasteiger partial charge < -0.3 is 14.8 Å². The number of likely N-dealkylation sites (N-methyl/N-ethyl adjacent to an activating group) is 1. The van der Waals surface area contributed by atoms with Crippen molar-refractivity contribution < 1.29 is 9.47 Å². The molecule has 18 heavy (non-hydrogen) atoms. The normalized spacial score (nSPS) is 20.9. The standard InChI is InChI=1S/C14H20ClNO2/c1-2-16-13(11-7-8-17-9-11)10-18-14-6-4-3-5-12(14)15/h3-6,11,13,16H,2,7-10H2,1H3. The zero-order valence-electron chi connectivity index (χ0n) is 10.7. The van der Waals surface area contributed by atoms with Crippen LogP contribution in [0.4, 0.5) is 0 Å². The summed E-state index contributed by atoms with van der Waals surface area (Å²) in [5, 5.41) is 4.13.